The normalized spacial score (nSPS) is 33.3. The number of hydrogen-bond donors (Lipinski definition) is 2. The maximum absolute atomic E-state index is 12.6. The molecule has 0 unspecified atom stereocenters. The first kappa shape index (κ1) is 15.7. The summed E-state index contributed by atoms with van der Waals surface area (Å²) in [5, 5.41) is 5.80. The van der Waals surface area contributed by atoms with Crippen LogP contribution in [0.1, 0.15) is 51.9 Å². The van der Waals surface area contributed by atoms with Gasteiger partial charge in [-0.1, -0.05) is 6.07 Å². The molecule has 4 heteroatoms. The highest BCUT2D eigenvalue weighted by Gasteiger charge is 2.51. The minimum absolute atomic E-state index is 0.105. The largest absolute Gasteiger partial charge is 0.326 e. The Bertz CT molecular complexity index is 632. The predicted molar refractivity (Wildman–Crippen MR) is 94.6 cm³/mol. The van der Waals surface area contributed by atoms with E-state index in [0.29, 0.717) is 6.42 Å². The minimum Gasteiger partial charge on any atom is -0.326 e. The molecule has 2 N–H and O–H groups in total. The quantitative estimate of drug-likeness (QED) is 0.871. The number of hydrogen-bond acceptors (Lipinski definition) is 2. The van der Waals surface area contributed by atoms with E-state index in [2.05, 4.69) is 10.6 Å². The van der Waals surface area contributed by atoms with Gasteiger partial charge in [-0.2, -0.15) is 0 Å². The van der Waals surface area contributed by atoms with E-state index in [1.165, 1.54) is 45.4 Å². The van der Waals surface area contributed by atoms with Gasteiger partial charge in [-0.15, -0.1) is 0 Å². The maximum atomic E-state index is 12.6. The number of carbonyl (C=O) groups is 2. The molecule has 0 saturated heterocycles. The molecule has 0 radical (unpaired) electrons. The van der Waals surface area contributed by atoms with Crippen LogP contribution in [-0.4, -0.2) is 11.8 Å². The standard InChI is InChI=1S/C20H26N2O2/c1-13(23)21-17-3-2-4-18(8-17)22-19(24)12-20-9-14-5-15(10-20)7-16(6-14)11-20/h2-4,8,14-16H,5-7,9-12H2,1H3,(H,21,23)(H,22,24). The van der Waals surface area contributed by atoms with Crippen molar-refractivity contribution in [3.8, 4) is 0 Å². The molecule has 4 bridgehead atoms. The molecular formula is C20H26N2O2. The van der Waals surface area contributed by atoms with Crippen LogP contribution < -0.4 is 10.6 Å². The highest BCUT2D eigenvalue weighted by atomic mass is 16.2. The van der Waals surface area contributed by atoms with E-state index in [1.807, 2.05) is 24.3 Å². The molecule has 0 aliphatic heterocycles. The minimum atomic E-state index is -0.105. The van der Waals surface area contributed by atoms with Gasteiger partial charge in [0.05, 0.1) is 0 Å². The molecule has 2 amide bonds. The monoisotopic (exact) mass is 326 g/mol. The van der Waals surface area contributed by atoms with Gasteiger partial charge in [-0.05, 0) is 79.9 Å². The van der Waals surface area contributed by atoms with Gasteiger partial charge in [-0.3, -0.25) is 9.59 Å². The highest BCUT2D eigenvalue weighted by Crippen LogP contribution is 2.61. The molecule has 4 aliphatic rings. The Morgan fingerprint density at radius 1 is 1.00 bits per heavy atom. The van der Waals surface area contributed by atoms with E-state index in [1.54, 1.807) is 0 Å². The lowest BCUT2D eigenvalue weighted by atomic mass is 9.49. The molecule has 128 valence electrons. The van der Waals surface area contributed by atoms with Crippen LogP contribution in [-0.2, 0) is 9.59 Å². The average molecular weight is 326 g/mol. The first-order valence-electron chi connectivity index (χ1n) is 9.17. The highest BCUT2D eigenvalue weighted by molar-refractivity contribution is 5.93. The number of benzene rings is 1. The summed E-state index contributed by atoms with van der Waals surface area (Å²) in [5.74, 6) is 2.62. The average Bonchev–Trinajstić information content (AvgIpc) is 2.44. The molecule has 5 rings (SSSR count). The van der Waals surface area contributed by atoms with E-state index < -0.39 is 0 Å². The number of amides is 2. The molecule has 4 saturated carbocycles. The molecule has 24 heavy (non-hydrogen) atoms. The summed E-state index contributed by atoms with van der Waals surface area (Å²) < 4.78 is 0. The third kappa shape index (κ3) is 3.19. The summed E-state index contributed by atoms with van der Waals surface area (Å²) in [6.07, 6.45) is 8.61. The van der Waals surface area contributed by atoms with Crippen molar-refractivity contribution in [1.82, 2.24) is 0 Å². The second-order valence-corrected chi connectivity index (χ2v) is 8.40. The number of anilines is 2. The van der Waals surface area contributed by atoms with Crippen LogP contribution in [0.5, 0.6) is 0 Å². The molecule has 4 aliphatic carbocycles. The molecule has 0 spiro atoms. The van der Waals surface area contributed by atoms with Gasteiger partial charge in [-0.25, -0.2) is 0 Å². The zero-order valence-electron chi connectivity index (χ0n) is 14.3. The van der Waals surface area contributed by atoms with Gasteiger partial charge in [0.25, 0.3) is 0 Å². The molecule has 0 heterocycles. The van der Waals surface area contributed by atoms with E-state index in [-0.39, 0.29) is 17.2 Å². The zero-order valence-corrected chi connectivity index (χ0v) is 14.3. The van der Waals surface area contributed by atoms with Crippen LogP contribution in [0.2, 0.25) is 0 Å². The first-order valence-corrected chi connectivity index (χ1v) is 9.17. The number of rotatable bonds is 4. The van der Waals surface area contributed by atoms with E-state index >= 15 is 0 Å². The molecular weight excluding hydrogens is 300 g/mol. The Morgan fingerprint density at radius 3 is 2.08 bits per heavy atom. The van der Waals surface area contributed by atoms with Gasteiger partial charge in [0, 0.05) is 24.7 Å². The fourth-order valence-electron chi connectivity index (χ4n) is 5.93. The SMILES string of the molecule is CC(=O)Nc1cccc(NC(=O)CC23CC4CC(CC(C4)C2)C3)c1. The van der Waals surface area contributed by atoms with Gasteiger partial charge in [0.2, 0.25) is 11.8 Å². The Kier molecular flexibility index (Phi) is 3.86. The molecule has 0 aromatic heterocycles. The molecule has 4 nitrogen and oxygen atoms in total. The smallest absolute Gasteiger partial charge is 0.224 e. The summed E-state index contributed by atoms with van der Waals surface area (Å²) >= 11 is 0. The third-order valence-electron chi connectivity index (χ3n) is 6.17. The maximum Gasteiger partial charge on any atom is 0.224 e. The Labute approximate surface area is 143 Å². The van der Waals surface area contributed by atoms with Crippen LogP contribution in [0.4, 0.5) is 11.4 Å². The van der Waals surface area contributed by atoms with Gasteiger partial charge >= 0.3 is 0 Å². The number of carbonyl (C=O) groups excluding carboxylic acids is 2. The van der Waals surface area contributed by atoms with Crippen molar-refractivity contribution >= 4 is 23.2 Å². The first-order chi connectivity index (χ1) is 11.5. The molecule has 4 fully saturated rings. The van der Waals surface area contributed by atoms with Crippen molar-refractivity contribution in [2.45, 2.75) is 51.9 Å². The van der Waals surface area contributed by atoms with E-state index in [4.69, 9.17) is 0 Å². The lowest BCUT2D eigenvalue weighted by molar-refractivity contribution is -0.124. The second-order valence-electron chi connectivity index (χ2n) is 8.40. The fourth-order valence-corrected chi connectivity index (χ4v) is 5.93. The lowest BCUT2D eigenvalue weighted by Gasteiger charge is -2.56. The van der Waals surface area contributed by atoms with Gasteiger partial charge in [0.1, 0.15) is 0 Å². The van der Waals surface area contributed by atoms with Gasteiger partial charge in [0.15, 0.2) is 0 Å². The van der Waals surface area contributed by atoms with Gasteiger partial charge < -0.3 is 10.6 Å². The van der Waals surface area contributed by atoms with Crippen molar-refractivity contribution in [2.75, 3.05) is 10.6 Å². The molecule has 1 aromatic rings. The Morgan fingerprint density at radius 2 is 1.54 bits per heavy atom. The Balaban J connectivity index is 1.41. The third-order valence-corrected chi connectivity index (χ3v) is 6.17. The summed E-state index contributed by atoms with van der Waals surface area (Å²) in [5.41, 5.74) is 1.74. The Hall–Kier alpha value is -1.84. The van der Waals surface area contributed by atoms with E-state index in [0.717, 1.165) is 29.1 Å². The number of nitrogens with one attached hydrogen (secondary N) is 2. The van der Waals surface area contributed by atoms with E-state index in [9.17, 15) is 9.59 Å². The topological polar surface area (TPSA) is 58.2 Å². The summed E-state index contributed by atoms with van der Waals surface area (Å²) in [6, 6.07) is 7.38. The van der Waals surface area contributed by atoms with Crippen molar-refractivity contribution in [3.05, 3.63) is 24.3 Å². The van der Waals surface area contributed by atoms with Crippen molar-refractivity contribution < 1.29 is 9.59 Å². The molecule has 0 atom stereocenters. The van der Waals surface area contributed by atoms with Crippen LogP contribution in [0.25, 0.3) is 0 Å². The zero-order chi connectivity index (χ0) is 16.7. The second kappa shape index (κ2) is 5.91. The lowest BCUT2D eigenvalue weighted by Crippen LogP contribution is -2.47. The summed E-state index contributed by atoms with van der Waals surface area (Å²) in [7, 11) is 0. The van der Waals surface area contributed by atoms with Crippen LogP contribution in [0, 0.1) is 23.2 Å². The predicted octanol–water partition coefficient (Wildman–Crippen LogP) is 4.19. The van der Waals surface area contributed by atoms with Crippen molar-refractivity contribution in [1.29, 1.82) is 0 Å². The summed E-state index contributed by atoms with van der Waals surface area (Å²) in [4.78, 5) is 23.8. The fraction of sp³-hybridized carbons (Fsp3) is 0.600. The van der Waals surface area contributed by atoms with Crippen molar-refractivity contribution in [2.24, 2.45) is 23.2 Å². The van der Waals surface area contributed by atoms with Crippen LogP contribution in [0.15, 0.2) is 24.3 Å². The summed E-state index contributed by atoms with van der Waals surface area (Å²) in [6.45, 7) is 1.48. The van der Waals surface area contributed by atoms with Crippen LogP contribution in [0.3, 0.4) is 0 Å². The van der Waals surface area contributed by atoms with Crippen LogP contribution >= 0.6 is 0 Å². The molecule has 1 aromatic carbocycles. The van der Waals surface area contributed by atoms with Crippen molar-refractivity contribution in [3.63, 3.8) is 0 Å².